The number of benzene rings is 1. The number of likely N-dealkylation sites (tertiary alicyclic amines) is 1. The van der Waals surface area contributed by atoms with Crippen LogP contribution in [-0.4, -0.2) is 50.7 Å². The van der Waals surface area contributed by atoms with Gasteiger partial charge in [0.05, 0.1) is 0 Å². The third-order valence-electron chi connectivity index (χ3n) is 5.59. The van der Waals surface area contributed by atoms with Crippen molar-refractivity contribution in [1.29, 1.82) is 0 Å². The first-order valence-corrected chi connectivity index (χ1v) is 11.8. The van der Waals surface area contributed by atoms with Gasteiger partial charge in [0.25, 0.3) is 0 Å². The van der Waals surface area contributed by atoms with Crippen molar-refractivity contribution in [2.24, 2.45) is 0 Å². The Balaban J connectivity index is 1.59. The fourth-order valence-electron chi connectivity index (χ4n) is 4.11. The minimum Gasteiger partial charge on any atom is -0.372 e. The van der Waals surface area contributed by atoms with Gasteiger partial charge in [-0.2, -0.15) is 0 Å². The van der Waals surface area contributed by atoms with E-state index in [1.807, 2.05) is 19.1 Å². The lowest BCUT2D eigenvalue weighted by Gasteiger charge is -2.35. The summed E-state index contributed by atoms with van der Waals surface area (Å²) < 4.78 is 27.5. The Labute approximate surface area is 163 Å². The van der Waals surface area contributed by atoms with Crippen LogP contribution in [-0.2, 0) is 14.8 Å². The first kappa shape index (κ1) is 20.0. The zero-order valence-electron chi connectivity index (χ0n) is 16.2. The summed E-state index contributed by atoms with van der Waals surface area (Å²) in [6.07, 6.45) is 7.57. The lowest BCUT2D eigenvalue weighted by molar-refractivity contribution is -0.132. The van der Waals surface area contributed by atoms with E-state index in [-0.39, 0.29) is 11.9 Å². The normalized spacial score (nSPS) is 21.1. The fourth-order valence-corrected chi connectivity index (χ4v) is 5.17. The highest BCUT2D eigenvalue weighted by Crippen LogP contribution is 2.23. The second-order valence-corrected chi connectivity index (χ2v) is 9.32. The predicted octanol–water partition coefficient (Wildman–Crippen LogP) is 3.21. The highest BCUT2D eigenvalue weighted by Gasteiger charge is 2.28. The summed E-state index contributed by atoms with van der Waals surface area (Å²) in [6.45, 7) is 4.81. The van der Waals surface area contributed by atoms with Crippen molar-refractivity contribution in [2.75, 3.05) is 35.0 Å². The number of hydrogen-bond acceptors (Lipinski definition) is 4. The summed E-state index contributed by atoms with van der Waals surface area (Å²) in [7, 11) is -3.71. The predicted molar refractivity (Wildman–Crippen MR) is 110 cm³/mol. The molecule has 6 nitrogen and oxygen atoms in total. The molecule has 2 aliphatic rings. The zero-order chi connectivity index (χ0) is 19.3. The molecule has 1 atom stereocenters. The van der Waals surface area contributed by atoms with Gasteiger partial charge in [0.2, 0.25) is 15.9 Å². The number of carbonyl (C=O) groups is 1. The van der Waals surface area contributed by atoms with Crippen LogP contribution in [0.15, 0.2) is 24.3 Å². The molecule has 2 saturated heterocycles. The van der Waals surface area contributed by atoms with Gasteiger partial charge in [-0.15, -0.1) is 0 Å². The van der Waals surface area contributed by atoms with Gasteiger partial charge in [0.1, 0.15) is 5.75 Å². The van der Waals surface area contributed by atoms with E-state index >= 15 is 0 Å². The smallest absolute Gasteiger partial charge is 0.241 e. The molecule has 2 heterocycles. The van der Waals surface area contributed by atoms with Crippen LogP contribution < -0.4 is 9.62 Å². The number of anilines is 2. The van der Waals surface area contributed by atoms with E-state index in [1.54, 1.807) is 17.0 Å². The number of piperidine rings is 2. The second kappa shape index (κ2) is 8.95. The Morgan fingerprint density at radius 1 is 1.04 bits per heavy atom. The van der Waals surface area contributed by atoms with Gasteiger partial charge in [-0.05, 0) is 69.2 Å². The molecule has 1 amide bonds. The number of rotatable bonds is 6. The van der Waals surface area contributed by atoms with Crippen LogP contribution in [0.25, 0.3) is 0 Å². The first-order chi connectivity index (χ1) is 13.0. The van der Waals surface area contributed by atoms with Crippen LogP contribution in [0.4, 0.5) is 11.4 Å². The summed E-state index contributed by atoms with van der Waals surface area (Å²) in [5, 5.41) is 0. The average Bonchev–Trinajstić information content (AvgIpc) is 2.68. The molecule has 2 aliphatic heterocycles. The largest absolute Gasteiger partial charge is 0.372 e. The Hall–Kier alpha value is -1.76. The van der Waals surface area contributed by atoms with E-state index in [0.717, 1.165) is 44.5 Å². The molecule has 2 fully saturated rings. The average molecular weight is 394 g/mol. The van der Waals surface area contributed by atoms with E-state index < -0.39 is 15.8 Å². The van der Waals surface area contributed by atoms with Gasteiger partial charge < -0.3 is 9.80 Å². The second-order valence-electron chi connectivity index (χ2n) is 7.60. The maximum Gasteiger partial charge on any atom is 0.241 e. The van der Waals surface area contributed by atoms with Crippen molar-refractivity contribution in [2.45, 2.75) is 57.9 Å². The molecule has 1 N–H and O–H groups in total. The third kappa shape index (κ3) is 5.37. The number of carbonyl (C=O) groups excluding carboxylic acids is 1. The molecule has 1 aromatic rings. The van der Waals surface area contributed by atoms with Gasteiger partial charge in [0.15, 0.2) is 0 Å². The molecule has 7 heteroatoms. The van der Waals surface area contributed by atoms with Crippen LogP contribution >= 0.6 is 0 Å². The van der Waals surface area contributed by atoms with Crippen LogP contribution in [0.3, 0.4) is 0 Å². The topological polar surface area (TPSA) is 69.7 Å². The van der Waals surface area contributed by atoms with Crippen molar-refractivity contribution in [3.05, 3.63) is 24.3 Å². The van der Waals surface area contributed by atoms with E-state index in [4.69, 9.17) is 0 Å². The molecule has 1 unspecified atom stereocenters. The molecule has 150 valence electrons. The van der Waals surface area contributed by atoms with Crippen molar-refractivity contribution < 1.29 is 13.2 Å². The van der Waals surface area contributed by atoms with Gasteiger partial charge in [-0.25, -0.2) is 8.42 Å². The lowest BCUT2D eigenvalue weighted by atomic mass is 10.0. The minimum atomic E-state index is -3.71. The number of nitrogens with zero attached hydrogens (tertiary/aromatic N) is 2. The number of hydrogen-bond donors (Lipinski definition) is 1. The molecule has 1 aromatic carbocycles. The van der Waals surface area contributed by atoms with Gasteiger partial charge in [-0.3, -0.25) is 9.52 Å². The first-order valence-electron chi connectivity index (χ1n) is 10.1. The number of sulfonamides is 1. The maximum atomic E-state index is 12.5. The Kier molecular flexibility index (Phi) is 6.63. The van der Waals surface area contributed by atoms with E-state index in [2.05, 4.69) is 9.62 Å². The van der Waals surface area contributed by atoms with Crippen LogP contribution in [0.2, 0.25) is 0 Å². The molecular weight excluding hydrogens is 362 g/mol. The van der Waals surface area contributed by atoms with Gasteiger partial charge >= 0.3 is 0 Å². The highest BCUT2D eigenvalue weighted by molar-refractivity contribution is 7.93. The highest BCUT2D eigenvalue weighted by atomic mass is 32.2. The molecule has 0 bridgehead atoms. The Morgan fingerprint density at radius 3 is 2.37 bits per heavy atom. The molecule has 0 radical (unpaired) electrons. The number of nitrogens with one attached hydrogen (secondary N) is 1. The molecule has 27 heavy (non-hydrogen) atoms. The van der Waals surface area contributed by atoms with Gasteiger partial charge in [-0.1, -0.05) is 6.92 Å². The zero-order valence-corrected chi connectivity index (χ0v) is 17.0. The number of amides is 1. The van der Waals surface area contributed by atoms with Crippen molar-refractivity contribution in [3.63, 3.8) is 0 Å². The maximum absolute atomic E-state index is 12.5. The monoisotopic (exact) mass is 393 g/mol. The van der Waals surface area contributed by atoms with E-state index in [1.165, 1.54) is 19.3 Å². The summed E-state index contributed by atoms with van der Waals surface area (Å²) in [5.74, 6) is -0.781. The Morgan fingerprint density at radius 2 is 1.70 bits per heavy atom. The molecule has 3 rings (SSSR count). The van der Waals surface area contributed by atoms with E-state index in [0.29, 0.717) is 12.2 Å². The lowest BCUT2D eigenvalue weighted by Crippen LogP contribution is -2.46. The van der Waals surface area contributed by atoms with Crippen molar-refractivity contribution >= 4 is 27.3 Å². The van der Waals surface area contributed by atoms with Crippen molar-refractivity contribution in [1.82, 2.24) is 4.90 Å². The molecule has 0 aromatic heterocycles. The van der Waals surface area contributed by atoms with Gasteiger partial charge in [0, 0.05) is 37.1 Å². The summed E-state index contributed by atoms with van der Waals surface area (Å²) >= 11 is 0. The summed E-state index contributed by atoms with van der Waals surface area (Å²) in [5.41, 5.74) is 1.63. The summed E-state index contributed by atoms with van der Waals surface area (Å²) in [4.78, 5) is 16.6. The standard InChI is InChI=1S/C20H31N3O3S/c1-2-18-8-4-7-15-23(18)20(24)16-27(25,26)21-17-9-11-19(12-10-17)22-13-5-3-6-14-22/h9-12,18,21H,2-8,13-16H2,1H3. The summed E-state index contributed by atoms with van der Waals surface area (Å²) in [6, 6.07) is 7.62. The third-order valence-corrected chi connectivity index (χ3v) is 6.77. The fraction of sp³-hybridized carbons (Fsp3) is 0.650. The molecule has 0 saturated carbocycles. The van der Waals surface area contributed by atoms with Crippen LogP contribution in [0.5, 0.6) is 0 Å². The van der Waals surface area contributed by atoms with Crippen LogP contribution in [0.1, 0.15) is 51.9 Å². The Bertz CT molecular complexity index is 727. The van der Waals surface area contributed by atoms with E-state index in [9.17, 15) is 13.2 Å². The minimum absolute atomic E-state index is 0.172. The van der Waals surface area contributed by atoms with Crippen molar-refractivity contribution in [3.8, 4) is 0 Å². The molecular formula is C20H31N3O3S. The van der Waals surface area contributed by atoms with Crippen LogP contribution in [0, 0.1) is 0 Å². The molecule has 0 spiro atoms. The quantitative estimate of drug-likeness (QED) is 0.806. The molecule has 0 aliphatic carbocycles. The SMILES string of the molecule is CCC1CCCCN1C(=O)CS(=O)(=O)Nc1ccc(N2CCCCC2)cc1.